The van der Waals surface area contributed by atoms with E-state index in [9.17, 15) is 0 Å². The molecule has 0 radical (unpaired) electrons. The first-order chi connectivity index (χ1) is 0. The van der Waals surface area contributed by atoms with Crippen molar-refractivity contribution < 1.29 is 19.5 Å². The fraction of sp³-hybridized carbons (Fsp3) is 0. The first-order valence-corrected chi connectivity index (χ1v) is 0. The number of hydrogen-bond acceptors (Lipinski definition) is 0. The molecule has 0 spiro atoms. The molecule has 0 bridgehead atoms. The van der Waals surface area contributed by atoms with E-state index < -0.39 is 0 Å². The zero-order valence-electron chi connectivity index (χ0n) is 1.21. The first-order valence-electron chi connectivity index (χ1n) is 0. The summed E-state index contributed by atoms with van der Waals surface area (Å²) in [5.41, 5.74) is 0. The van der Waals surface area contributed by atoms with Gasteiger partial charge in [0.1, 0.15) is 0 Å². The Hall–Kier alpha value is 2.94. The van der Waals surface area contributed by atoms with Crippen LogP contribution in [0, 0.1) is 0 Å². The molecule has 0 aromatic rings. The molecule has 0 rings (SSSR count). The SMILES string of the molecule is [AlH3].[CaH2].[SeH2].[Zn]. The van der Waals surface area contributed by atoms with Crippen LogP contribution in [0.2, 0.25) is 0 Å². The van der Waals surface area contributed by atoms with Crippen LogP contribution >= 0.6 is 0 Å². The minimum atomic E-state index is 0. The Bertz CT molecular complexity index is 8.00. The van der Waals surface area contributed by atoms with E-state index in [-0.39, 0.29) is 91.6 Å². The topological polar surface area (TPSA) is 0 Å². The van der Waals surface area contributed by atoms with Gasteiger partial charge in [0.05, 0.1) is 0 Å². The minimum Gasteiger partial charge on any atom is 0 e. The van der Waals surface area contributed by atoms with Crippen LogP contribution in [0.25, 0.3) is 0 Å². The normalized spacial score (nSPS) is 0. The van der Waals surface area contributed by atoms with Crippen molar-refractivity contribution in [2.24, 2.45) is 0 Å². The second-order valence-electron chi connectivity index (χ2n) is 0. The maximum atomic E-state index is 0. The maximum absolute atomic E-state index is 0. The van der Waals surface area contributed by atoms with Crippen LogP contribution in [0.3, 0.4) is 0 Å². The van der Waals surface area contributed by atoms with Gasteiger partial charge in [0, 0.05) is 19.5 Å². The Balaban J connectivity index is 0. The molecule has 0 saturated heterocycles. The van der Waals surface area contributed by atoms with Crippen LogP contribution in [0.5, 0.6) is 0 Å². The average molecular weight is 218 g/mol. The summed E-state index contributed by atoms with van der Waals surface area (Å²) < 4.78 is 0. The van der Waals surface area contributed by atoms with Gasteiger partial charge in [0.15, 0.2) is 17.4 Å². The first kappa shape index (κ1) is 28.4. The van der Waals surface area contributed by atoms with E-state index in [0.717, 1.165) is 0 Å². The summed E-state index contributed by atoms with van der Waals surface area (Å²) in [5, 5.41) is 0. The summed E-state index contributed by atoms with van der Waals surface area (Å²) in [7, 11) is 0. The van der Waals surface area contributed by atoms with Crippen molar-refractivity contribution in [3.8, 4) is 0 Å². The van der Waals surface area contributed by atoms with Crippen molar-refractivity contribution >= 4 is 72.2 Å². The number of hydrogen-bond donors (Lipinski definition) is 0. The number of rotatable bonds is 0. The van der Waals surface area contributed by atoms with Crippen LogP contribution in [0.1, 0.15) is 0 Å². The van der Waals surface area contributed by atoms with Crippen molar-refractivity contribution in [2.75, 3.05) is 0 Å². The van der Waals surface area contributed by atoms with Gasteiger partial charge in [0.25, 0.3) is 0 Å². The molecule has 4 heteroatoms. The molecular weight excluding hydrogens is 211 g/mol. The Labute approximate surface area is 89.8 Å². The summed E-state index contributed by atoms with van der Waals surface area (Å²) in [6, 6.07) is 0. The van der Waals surface area contributed by atoms with Gasteiger partial charge in [-0.25, -0.2) is 0 Å². The molecule has 0 aromatic heterocycles. The van der Waals surface area contributed by atoms with Gasteiger partial charge in [-0.05, 0) is 0 Å². The molecule has 0 aliphatic rings. The third-order valence-corrected chi connectivity index (χ3v) is 0. The van der Waals surface area contributed by atoms with Gasteiger partial charge < -0.3 is 0 Å². The molecule has 0 fully saturated rings. The zero-order chi connectivity index (χ0) is 0. The molecule has 0 amide bonds. The molecular formula is H7AlCaSeZn. The summed E-state index contributed by atoms with van der Waals surface area (Å²) in [4.78, 5) is 0. The standard InChI is InChI=1S/Al.Ca.H2Se.Zn.5H/h;;1H2;;;;;;. The van der Waals surface area contributed by atoms with Gasteiger partial charge in [-0.15, -0.1) is 0 Å². The summed E-state index contributed by atoms with van der Waals surface area (Å²) in [5.74, 6) is 0. The molecule has 0 atom stereocenters. The molecule has 4 heavy (non-hydrogen) atoms. The predicted octanol–water partition coefficient (Wildman–Crippen LogP) is -3.02. The van der Waals surface area contributed by atoms with Crippen LogP contribution in [0.15, 0.2) is 0 Å². The molecule has 0 nitrogen and oxygen atoms in total. The predicted molar refractivity (Wildman–Crippen MR) is 27.0 cm³/mol. The average Bonchev–Trinajstić information content (AvgIpc) is 0. The quantitative estimate of drug-likeness (QED) is 0.380. The summed E-state index contributed by atoms with van der Waals surface area (Å²) in [6.45, 7) is 0. The zero-order valence-corrected chi connectivity index (χ0v) is 6.27. The fourth-order valence-electron chi connectivity index (χ4n) is 0. The van der Waals surface area contributed by atoms with Gasteiger partial charge in [-0.2, -0.15) is 0 Å². The van der Waals surface area contributed by atoms with E-state index in [0.29, 0.717) is 0 Å². The van der Waals surface area contributed by atoms with E-state index in [1.54, 1.807) is 0 Å². The third kappa shape index (κ3) is 8.87. The van der Waals surface area contributed by atoms with Gasteiger partial charge in [0.2, 0.25) is 0 Å². The van der Waals surface area contributed by atoms with Crippen molar-refractivity contribution in [2.45, 2.75) is 0 Å². The summed E-state index contributed by atoms with van der Waals surface area (Å²) >= 11 is 0. The third-order valence-electron chi connectivity index (χ3n) is 0. The second-order valence-corrected chi connectivity index (χ2v) is 0. The second kappa shape index (κ2) is 16.8. The van der Waals surface area contributed by atoms with Crippen molar-refractivity contribution in [3.05, 3.63) is 0 Å². The van der Waals surface area contributed by atoms with E-state index in [4.69, 9.17) is 0 Å². The van der Waals surface area contributed by atoms with Crippen LogP contribution in [-0.4, -0.2) is 72.2 Å². The molecule has 20 valence electrons. The fourth-order valence-corrected chi connectivity index (χ4v) is 0. The molecule has 0 aromatic carbocycles. The molecule has 0 unspecified atom stereocenters. The Kier molecular flexibility index (Phi) is 119. The van der Waals surface area contributed by atoms with Crippen molar-refractivity contribution in [1.29, 1.82) is 0 Å². The van der Waals surface area contributed by atoms with Gasteiger partial charge in [-0.3, -0.25) is 0 Å². The largest absolute Gasteiger partial charge is 0 e. The monoisotopic (exact) mass is 218 g/mol. The Morgan fingerprint density at radius 1 is 1.00 bits per heavy atom. The van der Waals surface area contributed by atoms with Gasteiger partial charge in [-0.1, -0.05) is 0 Å². The van der Waals surface area contributed by atoms with E-state index in [1.807, 2.05) is 0 Å². The van der Waals surface area contributed by atoms with Crippen LogP contribution in [-0.2, 0) is 19.5 Å². The van der Waals surface area contributed by atoms with E-state index in [2.05, 4.69) is 0 Å². The van der Waals surface area contributed by atoms with E-state index >= 15 is 0 Å². The van der Waals surface area contributed by atoms with Gasteiger partial charge >= 0.3 is 54.8 Å². The molecule has 0 saturated carbocycles. The van der Waals surface area contributed by atoms with Crippen LogP contribution < -0.4 is 0 Å². The smallest absolute Gasteiger partial charge is 0 e. The van der Waals surface area contributed by atoms with Crippen molar-refractivity contribution in [1.82, 2.24) is 0 Å². The molecule has 0 heterocycles. The van der Waals surface area contributed by atoms with E-state index in [1.165, 1.54) is 0 Å². The minimum absolute atomic E-state index is 0. The maximum Gasteiger partial charge on any atom is 0 e. The summed E-state index contributed by atoms with van der Waals surface area (Å²) in [6.07, 6.45) is 0. The van der Waals surface area contributed by atoms with Crippen LogP contribution in [0.4, 0.5) is 0 Å². The van der Waals surface area contributed by atoms with Crippen molar-refractivity contribution in [3.63, 3.8) is 0 Å². The molecule has 0 N–H and O–H groups in total. The Morgan fingerprint density at radius 2 is 1.00 bits per heavy atom. The molecule has 0 aliphatic heterocycles. The molecule has 0 aliphatic carbocycles. The Morgan fingerprint density at radius 3 is 1.00 bits per heavy atom.